The molecule has 3 N–H and O–H groups in total. The Hall–Kier alpha value is -1.14. The summed E-state index contributed by atoms with van der Waals surface area (Å²) >= 11 is 1.42. The van der Waals surface area contributed by atoms with Gasteiger partial charge in [0, 0.05) is 18.1 Å². The Morgan fingerprint density at radius 1 is 1.53 bits per heavy atom. The van der Waals surface area contributed by atoms with E-state index in [1.54, 1.807) is 25.4 Å². The summed E-state index contributed by atoms with van der Waals surface area (Å²) in [7, 11) is 0. The highest BCUT2D eigenvalue weighted by molar-refractivity contribution is 7.99. The average Bonchev–Trinajstić information content (AvgIpc) is 2.35. The minimum absolute atomic E-state index is 0.352. The first-order valence-corrected chi connectivity index (χ1v) is 6.52. The zero-order valence-corrected chi connectivity index (χ0v) is 11.0. The Balaban J connectivity index is 2.58. The fraction of sp³-hybridized carbons (Fsp3) is 0.545. The van der Waals surface area contributed by atoms with Gasteiger partial charge in [-0.15, -0.1) is 0 Å². The number of rotatable bonds is 7. The predicted molar refractivity (Wildman–Crippen MR) is 68.6 cm³/mol. The molecule has 0 aliphatic heterocycles. The number of amides is 1. The lowest BCUT2D eigenvalue weighted by atomic mass is 10.1. The lowest BCUT2D eigenvalue weighted by molar-refractivity contribution is -0.122. The molecule has 1 heterocycles. The Labute approximate surface area is 106 Å². The van der Waals surface area contributed by atoms with Gasteiger partial charge >= 0.3 is 0 Å². The number of nitrogens with one attached hydrogen (secondary N) is 1. The molecule has 17 heavy (non-hydrogen) atoms. The molecular weight excluding hydrogens is 236 g/mol. The number of primary amides is 1. The lowest BCUT2D eigenvalue weighted by Crippen LogP contribution is -2.55. The molecule has 0 fully saturated rings. The molecule has 94 valence electrons. The van der Waals surface area contributed by atoms with E-state index >= 15 is 0 Å². The van der Waals surface area contributed by atoms with E-state index in [1.165, 1.54) is 11.8 Å². The van der Waals surface area contributed by atoms with Gasteiger partial charge in [-0.05, 0) is 26.0 Å². The van der Waals surface area contributed by atoms with Crippen molar-refractivity contribution in [1.29, 1.82) is 0 Å². The van der Waals surface area contributed by atoms with Crippen LogP contribution < -0.4 is 11.1 Å². The zero-order valence-electron chi connectivity index (χ0n) is 10.1. The molecule has 1 aromatic heterocycles. The van der Waals surface area contributed by atoms with E-state index in [0.717, 1.165) is 13.0 Å². The average molecular weight is 254 g/mol. The van der Waals surface area contributed by atoms with Gasteiger partial charge in [0.05, 0.1) is 0 Å². The van der Waals surface area contributed by atoms with Crippen LogP contribution in [0.1, 0.15) is 20.3 Å². The standard InChI is InChI=1S/C11H18N4OS/c1-3-5-15-11(2,9(12)16)8-17-10-13-6-4-7-14-10/h4,6-7,15H,3,5,8H2,1-2H3,(H2,12,16). The van der Waals surface area contributed by atoms with Gasteiger partial charge in [-0.2, -0.15) is 0 Å². The minimum Gasteiger partial charge on any atom is -0.368 e. The summed E-state index contributed by atoms with van der Waals surface area (Å²) in [5.41, 5.74) is 4.70. The molecule has 1 aromatic rings. The second kappa shape index (κ2) is 6.56. The van der Waals surface area contributed by atoms with Crippen LogP contribution in [0.25, 0.3) is 0 Å². The summed E-state index contributed by atoms with van der Waals surface area (Å²) in [6.45, 7) is 4.61. The van der Waals surface area contributed by atoms with E-state index in [4.69, 9.17) is 5.73 Å². The highest BCUT2D eigenvalue weighted by Crippen LogP contribution is 2.18. The first-order chi connectivity index (χ1) is 8.08. The van der Waals surface area contributed by atoms with Crippen molar-refractivity contribution in [1.82, 2.24) is 15.3 Å². The van der Waals surface area contributed by atoms with E-state index in [1.807, 2.05) is 6.92 Å². The molecule has 0 aliphatic carbocycles. The second-order valence-corrected chi connectivity index (χ2v) is 4.89. The third kappa shape index (κ3) is 4.32. The molecule has 1 atom stereocenters. The molecule has 1 rings (SSSR count). The van der Waals surface area contributed by atoms with Gasteiger partial charge in [0.2, 0.25) is 5.91 Å². The van der Waals surface area contributed by atoms with Crippen LogP contribution in [0.4, 0.5) is 0 Å². The van der Waals surface area contributed by atoms with Gasteiger partial charge < -0.3 is 11.1 Å². The van der Waals surface area contributed by atoms with Crippen molar-refractivity contribution in [2.45, 2.75) is 31.0 Å². The van der Waals surface area contributed by atoms with E-state index in [2.05, 4.69) is 15.3 Å². The molecule has 0 saturated carbocycles. The van der Waals surface area contributed by atoms with Crippen molar-refractivity contribution in [3.05, 3.63) is 18.5 Å². The van der Waals surface area contributed by atoms with E-state index in [0.29, 0.717) is 10.9 Å². The maximum absolute atomic E-state index is 11.5. The molecule has 1 unspecified atom stereocenters. The van der Waals surface area contributed by atoms with Crippen LogP contribution in [-0.4, -0.2) is 33.7 Å². The number of carbonyl (C=O) groups excluding carboxylic acids is 1. The Morgan fingerprint density at radius 2 is 2.18 bits per heavy atom. The third-order valence-electron chi connectivity index (χ3n) is 2.34. The number of carbonyl (C=O) groups is 1. The number of thioether (sulfide) groups is 1. The Bertz CT molecular complexity index is 360. The summed E-state index contributed by atoms with van der Waals surface area (Å²) in [6, 6.07) is 1.76. The van der Waals surface area contributed by atoms with Crippen LogP contribution >= 0.6 is 11.8 Å². The number of nitrogens with two attached hydrogens (primary N) is 1. The summed E-state index contributed by atoms with van der Waals surface area (Å²) in [5.74, 6) is 0.168. The van der Waals surface area contributed by atoms with E-state index < -0.39 is 5.54 Å². The fourth-order valence-corrected chi connectivity index (χ4v) is 2.11. The van der Waals surface area contributed by atoms with Crippen LogP contribution in [0.2, 0.25) is 0 Å². The molecule has 0 saturated heterocycles. The predicted octanol–water partition coefficient (Wildman–Crippen LogP) is 0.812. The van der Waals surface area contributed by atoms with Crippen LogP contribution in [0.3, 0.4) is 0 Å². The molecule has 5 nitrogen and oxygen atoms in total. The molecular formula is C11H18N4OS. The Kier molecular flexibility index (Phi) is 5.37. The largest absolute Gasteiger partial charge is 0.368 e. The van der Waals surface area contributed by atoms with Gasteiger partial charge in [-0.25, -0.2) is 9.97 Å². The molecule has 0 bridgehead atoms. The molecule has 0 spiro atoms. The van der Waals surface area contributed by atoms with Gasteiger partial charge in [0.25, 0.3) is 0 Å². The third-order valence-corrected chi connectivity index (χ3v) is 3.53. The molecule has 0 aliphatic rings. The van der Waals surface area contributed by atoms with Crippen molar-refractivity contribution in [3.63, 3.8) is 0 Å². The van der Waals surface area contributed by atoms with Crippen LogP contribution in [0, 0.1) is 0 Å². The minimum atomic E-state index is -0.722. The number of nitrogens with zero attached hydrogens (tertiary/aromatic N) is 2. The van der Waals surface area contributed by atoms with Crippen LogP contribution in [-0.2, 0) is 4.79 Å². The summed E-state index contributed by atoms with van der Waals surface area (Å²) < 4.78 is 0. The highest BCUT2D eigenvalue weighted by atomic mass is 32.2. The maximum Gasteiger partial charge on any atom is 0.238 e. The van der Waals surface area contributed by atoms with Crippen LogP contribution in [0.15, 0.2) is 23.6 Å². The monoisotopic (exact) mass is 254 g/mol. The summed E-state index contributed by atoms with van der Waals surface area (Å²) in [6.07, 6.45) is 4.31. The zero-order chi connectivity index (χ0) is 12.7. The Morgan fingerprint density at radius 3 is 2.71 bits per heavy atom. The van der Waals surface area contributed by atoms with Crippen LogP contribution in [0.5, 0.6) is 0 Å². The summed E-state index contributed by atoms with van der Waals surface area (Å²) in [4.78, 5) is 19.6. The van der Waals surface area contributed by atoms with Gasteiger partial charge in [0.15, 0.2) is 5.16 Å². The van der Waals surface area contributed by atoms with Gasteiger partial charge in [0.1, 0.15) is 5.54 Å². The summed E-state index contributed by atoms with van der Waals surface area (Å²) in [5, 5.41) is 3.82. The van der Waals surface area contributed by atoms with Crippen molar-refractivity contribution in [3.8, 4) is 0 Å². The van der Waals surface area contributed by atoms with Crippen molar-refractivity contribution in [2.24, 2.45) is 5.73 Å². The smallest absolute Gasteiger partial charge is 0.238 e. The molecule has 0 radical (unpaired) electrons. The number of hydrogen-bond acceptors (Lipinski definition) is 5. The van der Waals surface area contributed by atoms with Gasteiger partial charge in [-0.1, -0.05) is 18.7 Å². The SMILES string of the molecule is CCCNC(C)(CSc1ncccn1)C(N)=O. The molecule has 0 aromatic carbocycles. The fourth-order valence-electron chi connectivity index (χ4n) is 1.18. The second-order valence-electron chi connectivity index (χ2n) is 3.94. The quantitative estimate of drug-likeness (QED) is 0.556. The van der Waals surface area contributed by atoms with Crippen molar-refractivity contribution < 1.29 is 4.79 Å². The first kappa shape index (κ1) is 13.9. The van der Waals surface area contributed by atoms with E-state index in [-0.39, 0.29) is 5.91 Å². The van der Waals surface area contributed by atoms with E-state index in [9.17, 15) is 4.79 Å². The number of aromatic nitrogens is 2. The normalized spacial score (nSPS) is 14.2. The number of hydrogen-bond donors (Lipinski definition) is 2. The lowest BCUT2D eigenvalue weighted by Gasteiger charge is -2.26. The van der Waals surface area contributed by atoms with Crippen molar-refractivity contribution in [2.75, 3.05) is 12.3 Å². The maximum atomic E-state index is 11.5. The first-order valence-electron chi connectivity index (χ1n) is 5.53. The highest BCUT2D eigenvalue weighted by Gasteiger charge is 2.30. The van der Waals surface area contributed by atoms with Crippen molar-refractivity contribution >= 4 is 17.7 Å². The van der Waals surface area contributed by atoms with Gasteiger partial charge in [-0.3, -0.25) is 4.79 Å². The molecule has 6 heteroatoms. The topological polar surface area (TPSA) is 80.9 Å². The molecule has 1 amide bonds.